The largest absolute Gasteiger partial charge is 0.453 e. The molecular weight excluding hydrogens is 340 g/mol. The number of aliphatic hydroxyl groups is 2. The van der Waals surface area contributed by atoms with Crippen molar-refractivity contribution in [1.82, 2.24) is 0 Å². The minimum absolute atomic E-state index is 0.369. The van der Waals surface area contributed by atoms with E-state index >= 15 is 0 Å². The molecule has 132 valence electrons. The van der Waals surface area contributed by atoms with Crippen LogP contribution in [0.1, 0.15) is 17.3 Å². The molecule has 0 saturated carbocycles. The number of rotatable bonds is 4. The highest BCUT2D eigenvalue weighted by Crippen LogP contribution is 2.34. The lowest BCUT2D eigenvalue weighted by Gasteiger charge is -2.40. The van der Waals surface area contributed by atoms with E-state index in [1.54, 1.807) is 37.3 Å². The van der Waals surface area contributed by atoms with Crippen LogP contribution >= 0.6 is 11.8 Å². The third kappa shape index (κ3) is 4.22. The third-order valence-electron chi connectivity index (χ3n) is 4.03. The molecule has 2 aromatic carbocycles. The molecule has 5 atom stereocenters. The average Bonchev–Trinajstić information content (AvgIpc) is 2.64. The minimum atomic E-state index is -1.15. The van der Waals surface area contributed by atoms with Crippen molar-refractivity contribution in [2.24, 2.45) is 0 Å². The summed E-state index contributed by atoms with van der Waals surface area (Å²) in [6.45, 7) is 1.69. The molecule has 6 heteroatoms. The van der Waals surface area contributed by atoms with Crippen molar-refractivity contribution in [2.75, 3.05) is 0 Å². The number of carbonyl (C=O) groups excluding carboxylic acids is 1. The van der Waals surface area contributed by atoms with E-state index in [1.807, 2.05) is 30.3 Å². The maximum atomic E-state index is 12.3. The first-order valence-corrected chi connectivity index (χ1v) is 8.93. The second-order valence-electron chi connectivity index (χ2n) is 5.86. The minimum Gasteiger partial charge on any atom is -0.453 e. The van der Waals surface area contributed by atoms with Gasteiger partial charge in [-0.3, -0.25) is 0 Å². The molecule has 0 bridgehead atoms. The molecule has 1 aliphatic heterocycles. The Morgan fingerprint density at radius 3 is 2.24 bits per heavy atom. The Kier molecular flexibility index (Phi) is 5.75. The van der Waals surface area contributed by atoms with E-state index in [9.17, 15) is 15.0 Å². The maximum Gasteiger partial charge on any atom is 0.338 e. The van der Waals surface area contributed by atoms with E-state index in [2.05, 4.69) is 0 Å². The zero-order chi connectivity index (χ0) is 17.8. The lowest BCUT2D eigenvalue weighted by molar-refractivity contribution is -0.193. The maximum absolute atomic E-state index is 12.3. The van der Waals surface area contributed by atoms with Gasteiger partial charge in [-0.2, -0.15) is 0 Å². The van der Waals surface area contributed by atoms with E-state index in [0.717, 1.165) is 4.90 Å². The van der Waals surface area contributed by atoms with Gasteiger partial charge in [0.15, 0.2) is 6.10 Å². The standard InChI is InChI=1S/C19H20O5S/c1-12-15(20)17(24-18(22)13-8-4-2-5-9-13)16(21)19(23-12)25-14-10-6-3-7-11-14/h2-12,15-17,19-21H,1H3/t12-,15-,16+,17+,19-/m0/s1. The van der Waals surface area contributed by atoms with Crippen LogP contribution in [-0.4, -0.2) is 46.0 Å². The lowest BCUT2D eigenvalue weighted by Crippen LogP contribution is -2.57. The van der Waals surface area contributed by atoms with Crippen LogP contribution in [0, 0.1) is 0 Å². The summed E-state index contributed by atoms with van der Waals surface area (Å²) in [6, 6.07) is 18.0. The van der Waals surface area contributed by atoms with Crippen LogP contribution in [-0.2, 0) is 9.47 Å². The van der Waals surface area contributed by atoms with Crippen molar-refractivity contribution < 1.29 is 24.5 Å². The summed E-state index contributed by atoms with van der Waals surface area (Å²) in [4.78, 5) is 13.2. The fraction of sp³-hybridized carbons (Fsp3) is 0.316. The number of hydrogen-bond donors (Lipinski definition) is 2. The van der Waals surface area contributed by atoms with E-state index in [0.29, 0.717) is 5.56 Å². The predicted molar refractivity (Wildman–Crippen MR) is 94.3 cm³/mol. The molecule has 1 heterocycles. The first-order valence-electron chi connectivity index (χ1n) is 8.05. The van der Waals surface area contributed by atoms with Crippen LogP contribution in [0.15, 0.2) is 65.6 Å². The van der Waals surface area contributed by atoms with Gasteiger partial charge in [-0.25, -0.2) is 4.79 Å². The summed E-state index contributed by atoms with van der Waals surface area (Å²) in [5, 5.41) is 20.9. The van der Waals surface area contributed by atoms with Gasteiger partial charge in [0.2, 0.25) is 0 Å². The molecular formula is C19H20O5S. The zero-order valence-corrected chi connectivity index (χ0v) is 14.5. The number of ether oxygens (including phenoxy) is 2. The normalized spacial score (nSPS) is 29.2. The number of carbonyl (C=O) groups is 1. The molecule has 25 heavy (non-hydrogen) atoms. The number of hydrogen-bond acceptors (Lipinski definition) is 6. The Balaban J connectivity index is 1.74. The predicted octanol–water partition coefficient (Wildman–Crippen LogP) is 2.47. The molecule has 0 spiro atoms. The van der Waals surface area contributed by atoms with Crippen LogP contribution in [0.2, 0.25) is 0 Å². The Morgan fingerprint density at radius 1 is 1.00 bits per heavy atom. The van der Waals surface area contributed by atoms with Crippen molar-refractivity contribution >= 4 is 17.7 Å². The number of aliphatic hydroxyl groups excluding tert-OH is 2. The summed E-state index contributed by atoms with van der Waals surface area (Å²) in [6.07, 6.45) is -3.88. The first kappa shape index (κ1) is 17.9. The summed E-state index contributed by atoms with van der Waals surface area (Å²) in [5.74, 6) is -0.582. The van der Waals surface area contributed by atoms with Crippen LogP contribution in [0.3, 0.4) is 0 Å². The second-order valence-corrected chi connectivity index (χ2v) is 7.03. The summed E-state index contributed by atoms with van der Waals surface area (Å²) < 4.78 is 11.1. The van der Waals surface area contributed by atoms with Crippen molar-refractivity contribution in [3.8, 4) is 0 Å². The number of esters is 1. The summed E-state index contributed by atoms with van der Waals surface area (Å²) in [7, 11) is 0. The zero-order valence-electron chi connectivity index (χ0n) is 13.7. The smallest absolute Gasteiger partial charge is 0.338 e. The van der Waals surface area contributed by atoms with Gasteiger partial charge in [-0.1, -0.05) is 48.2 Å². The lowest BCUT2D eigenvalue weighted by atomic mass is 10.0. The molecule has 1 fully saturated rings. The highest BCUT2D eigenvalue weighted by molar-refractivity contribution is 7.99. The van der Waals surface area contributed by atoms with Crippen LogP contribution in [0.25, 0.3) is 0 Å². The van der Waals surface area contributed by atoms with Crippen LogP contribution in [0.5, 0.6) is 0 Å². The van der Waals surface area contributed by atoms with Gasteiger partial charge in [-0.15, -0.1) is 0 Å². The number of benzene rings is 2. The van der Waals surface area contributed by atoms with Gasteiger partial charge < -0.3 is 19.7 Å². The van der Waals surface area contributed by atoms with E-state index < -0.39 is 35.8 Å². The molecule has 0 amide bonds. The van der Waals surface area contributed by atoms with Crippen LogP contribution in [0.4, 0.5) is 0 Å². The van der Waals surface area contributed by atoms with Gasteiger partial charge in [0.1, 0.15) is 17.6 Å². The molecule has 3 rings (SSSR count). The fourth-order valence-electron chi connectivity index (χ4n) is 2.63. The highest BCUT2D eigenvalue weighted by atomic mass is 32.2. The SMILES string of the molecule is C[C@@H]1O[C@@H](Sc2ccccc2)[C@H](O)[C@H](OC(=O)c2ccccc2)[C@H]1O. The van der Waals surface area contributed by atoms with Gasteiger partial charge in [0.25, 0.3) is 0 Å². The Labute approximate surface area is 150 Å². The Hall–Kier alpha value is -1.86. The van der Waals surface area contributed by atoms with Gasteiger partial charge in [0, 0.05) is 4.90 Å². The average molecular weight is 360 g/mol. The third-order valence-corrected chi connectivity index (χ3v) is 5.20. The highest BCUT2D eigenvalue weighted by Gasteiger charge is 2.45. The van der Waals surface area contributed by atoms with Crippen molar-refractivity contribution in [3.05, 3.63) is 66.2 Å². The quantitative estimate of drug-likeness (QED) is 0.816. The Morgan fingerprint density at radius 2 is 1.60 bits per heavy atom. The summed E-state index contributed by atoms with van der Waals surface area (Å²) >= 11 is 1.33. The fourth-order valence-corrected chi connectivity index (χ4v) is 3.74. The van der Waals surface area contributed by atoms with E-state index in [4.69, 9.17) is 9.47 Å². The van der Waals surface area contributed by atoms with Crippen LogP contribution < -0.4 is 0 Å². The molecule has 5 nitrogen and oxygen atoms in total. The van der Waals surface area contributed by atoms with Gasteiger partial charge >= 0.3 is 5.97 Å². The van der Waals surface area contributed by atoms with Crippen molar-refractivity contribution in [3.63, 3.8) is 0 Å². The number of thioether (sulfide) groups is 1. The molecule has 0 aliphatic carbocycles. The Bertz CT molecular complexity index is 693. The molecule has 2 N–H and O–H groups in total. The van der Waals surface area contributed by atoms with Crippen molar-refractivity contribution in [2.45, 2.75) is 41.7 Å². The van der Waals surface area contributed by atoms with Gasteiger partial charge in [0.05, 0.1) is 11.7 Å². The second kappa shape index (κ2) is 8.01. The monoisotopic (exact) mass is 360 g/mol. The van der Waals surface area contributed by atoms with E-state index in [1.165, 1.54) is 11.8 Å². The van der Waals surface area contributed by atoms with Gasteiger partial charge in [-0.05, 0) is 31.2 Å². The molecule has 2 aromatic rings. The topological polar surface area (TPSA) is 76.0 Å². The molecule has 0 aromatic heterocycles. The van der Waals surface area contributed by atoms with Crippen molar-refractivity contribution in [1.29, 1.82) is 0 Å². The molecule has 0 radical (unpaired) electrons. The molecule has 1 saturated heterocycles. The van der Waals surface area contributed by atoms with E-state index in [-0.39, 0.29) is 0 Å². The molecule has 0 unspecified atom stereocenters. The molecule has 1 aliphatic rings. The summed E-state index contributed by atoms with van der Waals surface area (Å²) in [5.41, 5.74) is -0.275. The first-order chi connectivity index (χ1) is 12.1.